The van der Waals surface area contributed by atoms with Crippen molar-refractivity contribution in [2.75, 3.05) is 6.54 Å². The Kier molecular flexibility index (Phi) is 9.69. The first-order valence-corrected chi connectivity index (χ1v) is 16.5. The molecule has 0 aliphatic rings. The number of nitrogens with one attached hydrogen (secondary N) is 2. The van der Waals surface area contributed by atoms with Gasteiger partial charge in [-0.2, -0.15) is 0 Å². The van der Waals surface area contributed by atoms with Gasteiger partial charge in [0, 0.05) is 60.0 Å². The number of H-pyrrole nitrogens is 1. The number of para-hydroxylation sites is 1. The number of hydrogen-bond acceptors (Lipinski definition) is 4. The van der Waals surface area contributed by atoms with Crippen molar-refractivity contribution in [2.24, 2.45) is 7.05 Å². The zero-order valence-electron chi connectivity index (χ0n) is 27.8. The molecule has 6 aromatic rings. The van der Waals surface area contributed by atoms with Gasteiger partial charge < -0.3 is 24.5 Å². The molecule has 49 heavy (non-hydrogen) atoms. The number of benzene rings is 4. The quantitative estimate of drug-likeness (QED) is 0.153. The molecule has 2 heterocycles. The lowest BCUT2D eigenvalue weighted by atomic mass is 9.99. The van der Waals surface area contributed by atoms with Gasteiger partial charge in [0.15, 0.2) is 0 Å². The van der Waals surface area contributed by atoms with E-state index in [1.54, 1.807) is 36.3 Å². The summed E-state index contributed by atoms with van der Waals surface area (Å²) in [6.07, 6.45) is 1.73. The van der Waals surface area contributed by atoms with E-state index in [0.29, 0.717) is 63.7 Å². The van der Waals surface area contributed by atoms with Crippen LogP contribution in [0.3, 0.4) is 0 Å². The van der Waals surface area contributed by atoms with Crippen molar-refractivity contribution in [2.45, 2.75) is 33.9 Å². The Labute approximate surface area is 289 Å². The lowest BCUT2D eigenvalue weighted by Crippen LogP contribution is -2.30. The van der Waals surface area contributed by atoms with Gasteiger partial charge >= 0.3 is 0 Å². The van der Waals surface area contributed by atoms with Crippen LogP contribution < -0.4 is 15.6 Å². The van der Waals surface area contributed by atoms with Crippen LogP contribution in [-0.2, 0) is 20.1 Å². The third-order valence-electron chi connectivity index (χ3n) is 8.48. The Morgan fingerprint density at radius 2 is 1.53 bits per heavy atom. The van der Waals surface area contributed by atoms with Crippen LogP contribution in [0.1, 0.15) is 50.0 Å². The number of fused-ring (bicyclic) bond motifs is 1. The van der Waals surface area contributed by atoms with E-state index in [1.165, 1.54) is 4.57 Å². The highest BCUT2D eigenvalue weighted by Gasteiger charge is 2.23. The summed E-state index contributed by atoms with van der Waals surface area (Å²) in [6.45, 7) is 6.99. The van der Waals surface area contributed by atoms with Gasteiger partial charge in [0.25, 0.3) is 17.4 Å². The average molecular weight is 673 g/mol. The molecule has 0 saturated heterocycles. The number of hydrogen-bond donors (Lipinski definition) is 2. The first-order valence-electron chi connectivity index (χ1n) is 16.1. The maximum absolute atomic E-state index is 14.4. The van der Waals surface area contributed by atoms with E-state index >= 15 is 0 Å². The van der Waals surface area contributed by atoms with Crippen molar-refractivity contribution in [3.8, 4) is 22.6 Å². The molecule has 248 valence electrons. The number of halogens is 1. The van der Waals surface area contributed by atoms with Crippen molar-refractivity contribution < 1.29 is 14.3 Å². The summed E-state index contributed by atoms with van der Waals surface area (Å²) in [4.78, 5) is 45.2. The molecule has 8 nitrogen and oxygen atoms in total. The van der Waals surface area contributed by atoms with Crippen molar-refractivity contribution in [1.29, 1.82) is 0 Å². The van der Waals surface area contributed by atoms with Crippen LogP contribution in [0.15, 0.2) is 108 Å². The number of aromatic nitrogens is 2. The second kappa shape index (κ2) is 14.3. The topological polar surface area (TPSA) is 96.4 Å². The fraction of sp³-hybridized carbons (Fsp3) is 0.175. The van der Waals surface area contributed by atoms with Gasteiger partial charge in [-0.25, -0.2) is 0 Å². The number of carbonyl (C=O) groups is 2. The van der Waals surface area contributed by atoms with E-state index in [1.807, 2.05) is 99.6 Å². The number of carbonyl (C=O) groups excluding carboxylic acids is 2. The van der Waals surface area contributed by atoms with E-state index in [9.17, 15) is 14.4 Å². The molecule has 9 heteroatoms. The summed E-state index contributed by atoms with van der Waals surface area (Å²) < 4.78 is 8.17. The molecule has 0 saturated carbocycles. The van der Waals surface area contributed by atoms with Gasteiger partial charge in [-0.05, 0) is 79.4 Å². The summed E-state index contributed by atoms with van der Waals surface area (Å²) in [6, 6.07) is 30.3. The van der Waals surface area contributed by atoms with Crippen LogP contribution in [0.25, 0.3) is 22.0 Å². The lowest BCUT2D eigenvalue weighted by molar-refractivity contribution is 0.0729. The van der Waals surface area contributed by atoms with Crippen molar-refractivity contribution >= 4 is 34.3 Å². The van der Waals surface area contributed by atoms with Gasteiger partial charge in [0.2, 0.25) is 0 Å². The van der Waals surface area contributed by atoms with Gasteiger partial charge in [-0.15, -0.1) is 0 Å². The molecule has 0 fully saturated rings. The van der Waals surface area contributed by atoms with E-state index in [-0.39, 0.29) is 23.1 Å². The molecule has 0 unspecified atom stereocenters. The molecule has 4 aromatic carbocycles. The molecule has 0 radical (unpaired) electrons. The maximum Gasteiger partial charge on any atom is 0.274 e. The van der Waals surface area contributed by atoms with Crippen LogP contribution in [-0.4, -0.2) is 32.8 Å². The Morgan fingerprint density at radius 3 is 2.20 bits per heavy atom. The fourth-order valence-corrected chi connectivity index (χ4v) is 6.08. The number of ether oxygens (including phenoxy) is 1. The predicted octanol–water partition coefficient (Wildman–Crippen LogP) is 8.19. The zero-order chi connectivity index (χ0) is 34.7. The van der Waals surface area contributed by atoms with Crippen LogP contribution in [0.4, 0.5) is 0 Å². The summed E-state index contributed by atoms with van der Waals surface area (Å²) in [7, 11) is 1.67. The van der Waals surface area contributed by atoms with Crippen molar-refractivity contribution in [3.63, 3.8) is 0 Å². The predicted molar refractivity (Wildman–Crippen MR) is 194 cm³/mol. The number of nitrogens with zero attached hydrogens (tertiary/aromatic N) is 2. The fourth-order valence-electron chi connectivity index (χ4n) is 5.96. The smallest absolute Gasteiger partial charge is 0.274 e. The molecule has 0 atom stereocenters. The minimum atomic E-state index is -0.307. The number of amides is 2. The molecule has 6 rings (SSSR count). The molecular weight excluding hydrogens is 636 g/mol. The lowest BCUT2D eigenvalue weighted by Gasteiger charge is -2.24. The number of rotatable bonds is 10. The first-order chi connectivity index (χ1) is 23.6. The molecule has 0 aliphatic heterocycles. The van der Waals surface area contributed by atoms with Crippen LogP contribution in [0, 0.1) is 13.8 Å². The normalized spacial score (nSPS) is 11.0. The summed E-state index contributed by atoms with van der Waals surface area (Å²) >= 11 is 6.16. The number of pyridine rings is 1. The van der Waals surface area contributed by atoms with E-state index in [4.69, 9.17) is 16.3 Å². The van der Waals surface area contributed by atoms with Gasteiger partial charge in [-0.3, -0.25) is 14.4 Å². The van der Waals surface area contributed by atoms with Crippen LogP contribution in [0.5, 0.6) is 11.5 Å². The van der Waals surface area contributed by atoms with Gasteiger partial charge in [0.1, 0.15) is 22.7 Å². The minimum absolute atomic E-state index is 0.178. The minimum Gasteiger partial charge on any atom is -0.456 e. The zero-order valence-corrected chi connectivity index (χ0v) is 28.6. The van der Waals surface area contributed by atoms with E-state index in [2.05, 4.69) is 10.3 Å². The molecule has 0 aliphatic carbocycles. The third kappa shape index (κ3) is 7.15. The van der Waals surface area contributed by atoms with Gasteiger partial charge in [-0.1, -0.05) is 72.3 Å². The Balaban J connectivity index is 1.49. The highest BCUT2D eigenvalue weighted by Crippen LogP contribution is 2.39. The van der Waals surface area contributed by atoms with Crippen LogP contribution in [0.2, 0.25) is 5.02 Å². The number of aryl methyl sites for hydroxylation is 3. The third-order valence-corrected chi connectivity index (χ3v) is 8.73. The molecule has 0 bridgehead atoms. The molecule has 2 amide bonds. The standard InChI is InChI=1S/C40H37ClN4O4/c1-5-42-38(46)34-21-32-33(24-44(4)40(48)36(32)43-34)31-19-16-29(20-35(31)49-37-25(2)10-9-11-26(37)3)39(47)45(22-27-12-7-6-8-13-27)23-28-14-17-30(41)18-15-28/h6-21,24,43H,5,22-23H2,1-4H3,(H,42,46). The largest absolute Gasteiger partial charge is 0.456 e. The maximum atomic E-state index is 14.4. The van der Waals surface area contributed by atoms with Crippen molar-refractivity contribution in [3.05, 3.63) is 152 Å². The summed E-state index contributed by atoms with van der Waals surface area (Å²) in [5.74, 6) is 0.630. The molecule has 2 aromatic heterocycles. The average Bonchev–Trinajstić information content (AvgIpc) is 3.55. The monoisotopic (exact) mass is 672 g/mol. The molecule has 2 N–H and O–H groups in total. The Morgan fingerprint density at radius 1 is 0.857 bits per heavy atom. The van der Waals surface area contributed by atoms with E-state index in [0.717, 1.165) is 22.3 Å². The SMILES string of the molecule is CCNC(=O)c1cc2c(-c3ccc(C(=O)N(Cc4ccccc4)Cc4ccc(Cl)cc4)cc3Oc3c(C)cccc3C)cn(C)c(=O)c2[nH]1. The second-order valence-corrected chi connectivity index (χ2v) is 12.5. The Bertz CT molecular complexity index is 2200. The first kappa shape index (κ1) is 33.3. The highest BCUT2D eigenvalue weighted by molar-refractivity contribution is 6.30. The van der Waals surface area contributed by atoms with Gasteiger partial charge in [0.05, 0.1) is 0 Å². The van der Waals surface area contributed by atoms with Crippen LogP contribution >= 0.6 is 11.6 Å². The molecule has 0 spiro atoms. The second-order valence-electron chi connectivity index (χ2n) is 12.1. The van der Waals surface area contributed by atoms with Crippen molar-refractivity contribution in [1.82, 2.24) is 19.8 Å². The van der Waals surface area contributed by atoms with E-state index < -0.39 is 0 Å². The molecular formula is C40H37ClN4O4. The summed E-state index contributed by atoms with van der Waals surface area (Å²) in [5.41, 5.74) is 5.89. The Hall–Kier alpha value is -5.60. The highest BCUT2D eigenvalue weighted by atomic mass is 35.5. The number of aromatic amines is 1. The summed E-state index contributed by atoms with van der Waals surface area (Å²) in [5, 5.41) is 3.99.